The minimum atomic E-state index is -0.117. The fourth-order valence-electron chi connectivity index (χ4n) is 2.76. The Hall–Kier alpha value is -3.08. The molecule has 1 heterocycles. The molecule has 1 aromatic heterocycles. The van der Waals surface area contributed by atoms with Crippen molar-refractivity contribution in [3.63, 3.8) is 0 Å². The fourth-order valence-corrected chi connectivity index (χ4v) is 2.76. The van der Waals surface area contributed by atoms with Gasteiger partial charge in [0.1, 0.15) is 5.75 Å². The highest BCUT2D eigenvalue weighted by atomic mass is 16.5. The molecule has 3 aromatic rings. The van der Waals surface area contributed by atoms with Gasteiger partial charge in [-0.25, -0.2) is 4.68 Å². The third-order valence-corrected chi connectivity index (χ3v) is 4.04. The van der Waals surface area contributed by atoms with Crippen LogP contribution in [0.1, 0.15) is 17.0 Å². The number of para-hydroxylation sites is 1. The Labute approximate surface area is 153 Å². The molecule has 0 unspecified atom stereocenters. The van der Waals surface area contributed by atoms with Crippen LogP contribution in [0, 0.1) is 13.8 Å². The van der Waals surface area contributed by atoms with Crippen molar-refractivity contribution in [2.24, 2.45) is 0 Å². The second-order valence-corrected chi connectivity index (χ2v) is 6.21. The van der Waals surface area contributed by atoms with Gasteiger partial charge in [-0.3, -0.25) is 4.79 Å². The van der Waals surface area contributed by atoms with E-state index in [-0.39, 0.29) is 12.5 Å². The van der Waals surface area contributed by atoms with Crippen LogP contribution in [0.2, 0.25) is 0 Å². The number of carbonyl (C=O) groups is 1. The van der Waals surface area contributed by atoms with Crippen molar-refractivity contribution < 1.29 is 9.53 Å². The molecule has 2 aromatic carbocycles. The summed E-state index contributed by atoms with van der Waals surface area (Å²) in [5.74, 6) is 0.579. The van der Waals surface area contributed by atoms with E-state index >= 15 is 0 Å². The number of nitrogens with one attached hydrogen (secondary N) is 1. The van der Waals surface area contributed by atoms with E-state index in [0.717, 1.165) is 23.5 Å². The van der Waals surface area contributed by atoms with Gasteiger partial charge in [-0.1, -0.05) is 30.3 Å². The van der Waals surface area contributed by atoms with Gasteiger partial charge < -0.3 is 10.1 Å². The maximum absolute atomic E-state index is 11.8. The molecule has 0 radical (unpaired) electrons. The molecule has 26 heavy (non-hydrogen) atoms. The zero-order chi connectivity index (χ0) is 18.4. The number of carbonyl (C=O) groups excluding carboxylic acids is 1. The molecule has 3 rings (SSSR count). The van der Waals surface area contributed by atoms with E-state index in [4.69, 9.17) is 4.74 Å². The van der Waals surface area contributed by atoms with E-state index in [1.807, 2.05) is 48.9 Å². The van der Waals surface area contributed by atoms with Crippen LogP contribution in [0.25, 0.3) is 5.69 Å². The molecule has 0 bridgehead atoms. The first-order valence-corrected chi connectivity index (χ1v) is 8.69. The molecule has 5 heteroatoms. The van der Waals surface area contributed by atoms with E-state index in [0.29, 0.717) is 12.3 Å². The van der Waals surface area contributed by atoms with Gasteiger partial charge in [0.2, 0.25) is 0 Å². The van der Waals surface area contributed by atoms with Crippen LogP contribution in [0.4, 0.5) is 0 Å². The van der Waals surface area contributed by atoms with Gasteiger partial charge in [0.15, 0.2) is 6.61 Å². The predicted octanol–water partition coefficient (Wildman–Crippen LogP) is 3.23. The molecule has 0 aliphatic carbocycles. The lowest BCUT2D eigenvalue weighted by molar-refractivity contribution is -0.123. The van der Waals surface area contributed by atoms with Crippen LogP contribution < -0.4 is 10.1 Å². The smallest absolute Gasteiger partial charge is 0.257 e. The molecule has 0 spiro atoms. The minimum Gasteiger partial charge on any atom is -0.484 e. The van der Waals surface area contributed by atoms with Crippen LogP contribution in [0.3, 0.4) is 0 Å². The molecule has 0 saturated heterocycles. The molecule has 134 valence electrons. The summed E-state index contributed by atoms with van der Waals surface area (Å²) >= 11 is 0. The van der Waals surface area contributed by atoms with Gasteiger partial charge >= 0.3 is 0 Å². The average Bonchev–Trinajstić information content (AvgIpc) is 3.00. The van der Waals surface area contributed by atoms with Crippen molar-refractivity contribution in [3.05, 3.63) is 77.6 Å². The Kier molecular flexibility index (Phi) is 5.69. The standard InChI is InChI=1S/C21H23N3O2/c1-16-14-17(2)24(23-16)19-10-8-18(9-11-19)12-13-22-21(25)15-26-20-6-4-3-5-7-20/h3-11,14H,12-13,15H2,1-2H3,(H,22,25). The van der Waals surface area contributed by atoms with Crippen LogP contribution in [-0.2, 0) is 11.2 Å². The van der Waals surface area contributed by atoms with E-state index in [1.165, 1.54) is 5.56 Å². The summed E-state index contributed by atoms with van der Waals surface area (Å²) in [5.41, 5.74) is 4.33. The highest BCUT2D eigenvalue weighted by Gasteiger charge is 2.05. The fraction of sp³-hybridized carbons (Fsp3) is 0.238. The molecule has 0 aliphatic rings. The lowest BCUT2D eigenvalue weighted by Gasteiger charge is -2.08. The SMILES string of the molecule is Cc1cc(C)n(-c2ccc(CCNC(=O)COc3ccccc3)cc2)n1. The molecule has 1 amide bonds. The van der Waals surface area contributed by atoms with E-state index in [9.17, 15) is 4.79 Å². The largest absolute Gasteiger partial charge is 0.484 e. The zero-order valence-electron chi connectivity index (χ0n) is 15.1. The highest BCUT2D eigenvalue weighted by Crippen LogP contribution is 2.13. The maximum Gasteiger partial charge on any atom is 0.257 e. The van der Waals surface area contributed by atoms with E-state index in [2.05, 4.69) is 40.7 Å². The molecule has 0 saturated carbocycles. The zero-order valence-corrected chi connectivity index (χ0v) is 15.1. The van der Waals surface area contributed by atoms with Crippen LogP contribution in [0.5, 0.6) is 5.75 Å². The van der Waals surface area contributed by atoms with Gasteiger partial charge in [0.05, 0.1) is 11.4 Å². The van der Waals surface area contributed by atoms with Crippen molar-refractivity contribution in [1.29, 1.82) is 0 Å². The quantitative estimate of drug-likeness (QED) is 0.712. The maximum atomic E-state index is 11.8. The molecule has 0 aliphatic heterocycles. The van der Waals surface area contributed by atoms with Gasteiger partial charge in [-0.2, -0.15) is 5.10 Å². The summed E-state index contributed by atoms with van der Waals surface area (Å²) in [4.78, 5) is 11.8. The lowest BCUT2D eigenvalue weighted by Crippen LogP contribution is -2.30. The Morgan fingerprint density at radius 1 is 1.08 bits per heavy atom. The molecular weight excluding hydrogens is 326 g/mol. The molecule has 0 fully saturated rings. The molecule has 5 nitrogen and oxygen atoms in total. The summed E-state index contributed by atoms with van der Waals surface area (Å²) < 4.78 is 7.36. The number of nitrogens with zero attached hydrogens (tertiary/aromatic N) is 2. The van der Waals surface area contributed by atoms with Crippen molar-refractivity contribution in [3.8, 4) is 11.4 Å². The Bertz CT molecular complexity index is 855. The second-order valence-electron chi connectivity index (χ2n) is 6.21. The van der Waals surface area contributed by atoms with Crippen LogP contribution >= 0.6 is 0 Å². The summed E-state index contributed by atoms with van der Waals surface area (Å²) in [5, 5.41) is 7.37. The van der Waals surface area contributed by atoms with E-state index in [1.54, 1.807) is 0 Å². The number of hydrogen-bond acceptors (Lipinski definition) is 3. The average molecular weight is 349 g/mol. The van der Waals surface area contributed by atoms with Crippen LogP contribution in [-0.4, -0.2) is 28.8 Å². The van der Waals surface area contributed by atoms with Crippen LogP contribution in [0.15, 0.2) is 60.7 Å². The lowest BCUT2D eigenvalue weighted by atomic mass is 10.1. The Balaban J connectivity index is 1.45. The number of benzene rings is 2. The first kappa shape index (κ1) is 17.7. The monoisotopic (exact) mass is 349 g/mol. The Morgan fingerprint density at radius 3 is 2.46 bits per heavy atom. The third kappa shape index (κ3) is 4.72. The van der Waals surface area contributed by atoms with Gasteiger partial charge in [0, 0.05) is 12.2 Å². The third-order valence-electron chi connectivity index (χ3n) is 4.04. The number of aromatic nitrogens is 2. The molecule has 0 atom stereocenters. The van der Waals surface area contributed by atoms with Gasteiger partial charge in [-0.15, -0.1) is 0 Å². The molecule has 1 N–H and O–H groups in total. The number of aryl methyl sites for hydroxylation is 2. The summed E-state index contributed by atoms with van der Waals surface area (Å²) in [6.07, 6.45) is 0.772. The van der Waals surface area contributed by atoms with Crippen molar-refractivity contribution in [2.75, 3.05) is 13.2 Å². The predicted molar refractivity (Wildman–Crippen MR) is 102 cm³/mol. The number of hydrogen-bond donors (Lipinski definition) is 1. The van der Waals surface area contributed by atoms with Gasteiger partial charge in [-0.05, 0) is 56.2 Å². The normalized spacial score (nSPS) is 10.5. The second kappa shape index (κ2) is 8.34. The van der Waals surface area contributed by atoms with Crippen molar-refractivity contribution in [2.45, 2.75) is 20.3 Å². The van der Waals surface area contributed by atoms with Crippen molar-refractivity contribution in [1.82, 2.24) is 15.1 Å². The summed E-state index contributed by atoms with van der Waals surface area (Å²) in [6, 6.07) is 19.6. The minimum absolute atomic E-state index is 0.0286. The number of rotatable bonds is 7. The Morgan fingerprint density at radius 2 is 1.81 bits per heavy atom. The molecular formula is C21H23N3O2. The van der Waals surface area contributed by atoms with E-state index < -0.39 is 0 Å². The number of amides is 1. The number of ether oxygens (including phenoxy) is 1. The summed E-state index contributed by atoms with van der Waals surface area (Å²) in [7, 11) is 0. The topological polar surface area (TPSA) is 56.2 Å². The first-order chi connectivity index (χ1) is 12.6. The summed E-state index contributed by atoms with van der Waals surface area (Å²) in [6.45, 7) is 4.64. The highest BCUT2D eigenvalue weighted by molar-refractivity contribution is 5.77. The first-order valence-electron chi connectivity index (χ1n) is 8.69. The van der Waals surface area contributed by atoms with Gasteiger partial charge in [0.25, 0.3) is 5.91 Å². The van der Waals surface area contributed by atoms with Crippen molar-refractivity contribution >= 4 is 5.91 Å².